The van der Waals surface area contributed by atoms with E-state index in [0.717, 1.165) is 18.4 Å². The van der Waals surface area contributed by atoms with Gasteiger partial charge >= 0.3 is 5.97 Å². The van der Waals surface area contributed by atoms with E-state index in [1.807, 2.05) is 6.92 Å². The van der Waals surface area contributed by atoms with Crippen molar-refractivity contribution in [2.45, 2.75) is 104 Å². The van der Waals surface area contributed by atoms with E-state index >= 15 is 0 Å². The largest absolute Gasteiger partial charge is 0.462 e. The quantitative estimate of drug-likeness (QED) is 0.231. The van der Waals surface area contributed by atoms with E-state index in [4.69, 9.17) is 9.47 Å². The summed E-state index contributed by atoms with van der Waals surface area (Å²) in [4.78, 5) is 13.0. The standard InChI is InChI=1S/C24H42O3/c1-3-5-6-13-18-27-24(25)22(19-26-4-2)23(20-14-9-7-10-15-20)21-16-11-8-12-17-21/h20-21H,3-19H2,1-2H3. The fourth-order valence-electron chi connectivity index (χ4n) is 4.90. The Hall–Kier alpha value is -0.830. The van der Waals surface area contributed by atoms with Crippen LogP contribution in [0.15, 0.2) is 11.1 Å². The molecule has 0 aromatic rings. The summed E-state index contributed by atoms with van der Waals surface area (Å²) in [6.07, 6.45) is 17.4. The number of esters is 1. The molecule has 0 bridgehead atoms. The van der Waals surface area contributed by atoms with Gasteiger partial charge in [-0.05, 0) is 50.9 Å². The lowest BCUT2D eigenvalue weighted by atomic mass is 9.72. The molecule has 3 heteroatoms. The molecule has 0 radical (unpaired) electrons. The van der Waals surface area contributed by atoms with Gasteiger partial charge in [-0.15, -0.1) is 0 Å². The van der Waals surface area contributed by atoms with Gasteiger partial charge in [-0.3, -0.25) is 0 Å². The Bertz CT molecular complexity index is 423. The maximum atomic E-state index is 13.0. The van der Waals surface area contributed by atoms with Gasteiger partial charge in [-0.1, -0.05) is 70.3 Å². The molecule has 27 heavy (non-hydrogen) atoms. The van der Waals surface area contributed by atoms with Gasteiger partial charge in [0.1, 0.15) is 0 Å². The van der Waals surface area contributed by atoms with E-state index in [-0.39, 0.29) is 5.97 Å². The van der Waals surface area contributed by atoms with Crippen LogP contribution in [0, 0.1) is 11.8 Å². The SMILES string of the molecule is CCCCCCOC(=O)C(COCC)=C(C1CCCCC1)C1CCCCC1. The highest BCUT2D eigenvalue weighted by Crippen LogP contribution is 2.41. The third kappa shape index (κ3) is 7.60. The van der Waals surface area contributed by atoms with E-state index in [0.29, 0.717) is 31.7 Å². The maximum absolute atomic E-state index is 13.0. The third-order valence-electron chi connectivity index (χ3n) is 6.37. The topological polar surface area (TPSA) is 35.5 Å². The van der Waals surface area contributed by atoms with Gasteiger partial charge in [0.25, 0.3) is 0 Å². The molecular formula is C24H42O3. The monoisotopic (exact) mass is 378 g/mol. The van der Waals surface area contributed by atoms with Gasteiger partial charge in [0.2, 0.25) is 0 Å². The fourth-order valence-corrected chi connectivity index (χ4v) is 4.90. The van der Waals surface area contributed by atoms with E-state index in [9.17, 15) is 4.79 Å². The zero-order chi connectivity index (χ0) is 19.3. The smallest absolute Gasteiger partial charge is 0.336 e. The van der Waals surface area contributed by atoms with Gasteiger partial charge in [0.15, 0.2) is 0 Å². The molecule has 2 rings (SSSR count). The zero-order valence-electron chi connectivity index (χ0n) is 17.9. The van der Waals surface area contributed by atoms with Crippen LogP contribution in [0.1, 0.15) is 104 Å². The number of rotatable bonds is 11. The predicted molar refractivity (Wildman–Crippen MR) is 112 cm³/mol. The Labute approximate surface area is 167 Å². The van der Waals surface area contributed by atoms with Crippen molar-refractivity contribution in [3.8, 4) is 0 Å². The summed E-state index contributed by atoms with van der Waals surface area (Å²) in [5.41, 5.74) is 2.31. The second kappa shape index (κ2) is 13.4. The highest BCUT2D eigenvalue weighted by Gasteiger charge is 2.31. The van der Waals surface area contributed by atoms with Crippen molar-refractivity contribution in [3.05, 3.63) is 11.1 Å². The Kier molecular flexibility index (Phi) is 11.1. The highest BCUT2D eigenvalue weighted by atomic mass is 16.5. The van der Waals surface area contributed by atoms with Gasteiger partial charge < -0.3 is 9.47 Å². The Morgan fingerprint density at radius 3 is 1.93 bits per heavy atom. The molecule has 156 valence electrons. The number of hydrogen-bond acceptors (Lipinski definition) is 3. The molecule has 0 aliphatic heterocycles. The maximum Gasteiger partial charge on any atom is 0.336 e. The van der Waals surface area contributed by atoms with Crippen LogP contribution in [-0.4, -0.2) is 25.8 Å². The second-order valence-corrected chi connectivity index (χ2v) is 8.44. The van der Waals surface area contributed by atoms with Crippen molar-refractivity contribution in [1.29, 1.82) is 0 Å². The summed E-state index contributed by atoms with van der Waals surface area (Å²) in [5.74, 6) is 1.06. The minimum atomic E-state index is -0.0916. The summed E-state index contributed by atoms with van der Waals surface area (Å²) < 4.78 is 11.5. The molecule has 0 heterocycles. The molecular weight excluding hydrogens is 336 g/mol. The Balaban J connectivity index is 2.16. The van der Waals surface area contributed by atoms with Gasteiger partial charge in [0, 0.05) is 6.61 Å². The number of allylic oxidation sites excluding steroid dienone is 1. The van der Waals surface area contributed by atoms with Crippen molar-refractivity contribution in [2.24, 2.45) is 11.8 Å². The third-order valence-corrected chi connectivity index (χ3v) is 6.37. The Morgan fingerprint density at radius 2 is 1.41 bits per heavy atom. The number of carbonyl (C=O) groups is 1. The lowest BCUT2D eigenvalue weighted by molar-refractivity contribution is -0.140. The van der Waals surface area contributed by atoms with Gasteiger partial charge in [0.05, 0.1) is 18.8 Å². The average Bonchev–Trinajstić information content (AvgIpc) is 2.72. The number of ether oxygens (including phenoxy) is 2. The van der Waals surface area contributed by atoms with Crippen molar-refractivity contribution in [2.75, 3.05) is 19.8 Å². The number of hydrogen-bond donors (Lipinski definition) is 0. The minimum absolute atomic E-state index is 0.0916. The predicted octanol–water partition coefficient (Wildman–Crippen LogP) is 6.60. The molecule has 0 N–H and O–H groups in total. The van der Waals surface area contributed by atoms with Crippen molar-refractivity contribution in [1.82, 2.24) is 0 Å². The summed E-state index contributed by atoms with van der Waals surface area (Å²) in [6, 6.07) is 0. The molecule has 0 atom stereocenters. The molecule has 2 fully saturated rings. The summed E-state index contributed by atoms with van der Waals surface area (Å²) in [7, 11) is 0. The summed E-state index contributed by atoms with van der Waals surface area (Å²) in [5, 5.41) is 0. The average molecular weight is 379 g/mol. The molecule has 0 aromatic heterocycles. The first kappa shape index (κ1) is 22.5. The molecule has 2 aliphatic rings. The molecule has 2 aliphatic carbocycles. The van der Waals surface area contributed by atoms with E-state index < -0.39 is 0 Å². The van der Waals surface area contributed by atoms with Crippen LogP contribution in [0.5, 0.6) is 0 Å². The zero-order valence-corrected chi connectivity index (χ0v) is 17.9. The molecule has 0 aromatic carbocycles. The first-order valence-corrected chi connectivity index (χ1v) is 11.8. The van der Waals surface area contributed by atoms with Crippen LogP contribution in [0.4, 0.5) is 0 Å². The van der Waals surface area contributed by atoms with E-state index in [2.05, 4.69) is 6.92 Å². The van der Waals surface area contributed by atoms with Crippen LogP contribution in [0.25, 0.3) is 0 Å². The van der Waals surface area contributed by atoms with Crippen molar-refractivity contribution >= 4 is 5.97 Å². The lowest BCUT2D eigenvalue weighted by Gasteiger charge is -2.34. The van der Waals surface area contributed by atoms with Crippen LogP contribution >= 0.6 is 0 Å². The molecule has 0 saturated heterocycles. The van der Waals surface area contributed by atoms with Crippen LogP contribution in [0.3, 0.4) is 0 Å². The molecule has 0 unspecified atom stereocenters. The molecule has 0 amide bonds. The van der Waals surface area contributed by atoms with Crippen LogP contribution in [0.2, 0.25) is 0 Å². The number of carbonyl (C=O) groups excluding carboxylic acids is 1. The minimum Gasteiger partial charge on any atom is -0.462 e. The normalized spacial score (nSPS) is 19.0. The van der Waals surface area contributed by atoms with Crippen molar-refractivity contribution < 1.29 is 14.3 Å². The summed E-state index contributed by atoms with van der Waals surface area (Å²) in [6.45, 7) is 5.85. The molecule has 0 spiro atoms. The van der Waals surface area contributed by atoms with E-state index in [1.54, 1.807) is 0 Å². The van der Waals surface area contributed by atoms with Crippen molar-refractivity contribution in [3.63, 3.8) is 0 Å². The first-order valence-electron chi connectivity index (χ1n) is 11.8. The first-order chi connectivity index (χ1) is 13.3. The van der Waals surface area contributed by atoms with Gasteiger partial charge in [-0.25, -0.2) is 4.79 Å². The second-order valence-electron chi connectivity index (χ2n) is 8.44. The van der Waals surface area contributed by atoms with Crippen LogP contribution < -0.4 is 0 Å². The molecule has 3 nitrogen and oxygen atoms in total. The number of unbranched alkanes of at least 4 members (excludes halogenated alkanes) is 3. The van der Waals surface area contributed by atoms with Gasteiger partial charge in [-0.2, -0.15) is 0 Å². The molecule has 2 saturated carbocycles. The fraction of sp³-hybridized carbons (Fsp3) is 0.875. The van der Waals surface area contributed by atoms with Crippen LogP contribution in [-0.2, 0) is 14.3 Å². The lowest BCUT2D eigenvalue weighted by Crippen LogP contribution is -2.26. The Morgan fingerprint density at radius 1 is 0.815 bits per heavy atom. The van der Waals surface area contributed by atoms with E-state index in [1.165, 1.54) is 82.6 Å². The highest BCUT2D eigenvalue weighted by molar-refractivity contribution is 5.90. The summed E-state index contributed by atoms with van der Waals surface area (Å²) >= 11 is 0.